The van der Waals surface area contributed by atoms with Crippen molar-refractivity contribution < 1.29 is 23.1 Å². The number of carbonyl (C=O) groups excluding carboxylic acids is 1. The van der Waals surface area contributed by atoms with Crippen molar-refractivity contribution in [1.82, 2.24) is 15.1 Å². The third-order valence-corrected chi connectivity index (χ3v) is 8.48. The van der Waals surface area contributed by atoms with E-state index in [4.69, 9.17) is 0 Å². The SMILES string of the molecule is CS(=O)(=O)c1cccc(-c2cc(C(=O)NCc3ccc(C(=O)O)cc3)c3c(cnn3Cc3ccc4ccccc4c3)c2)c1. The van der Waals surface area contributed by atoms with Gasteiger partial charge < -0.3 is 10.4 Å². The molecular formula is C34H27N3O5S. The Labute approximate surface area is 248 Å². The molecule has 0 radical (unpaired) electrons. The van der Waals surface area contributed by atoms with Crippen molar-refractivity contribution in [2.45, 2.75) is 18.0 Å². The van der Waals surface area contributed by atoms with Gasteiger partial charge in [0, 0.05) is 18.2 Å². The molecule has 0 aliphatic rings. The number of fused-ring (bicyclic) bond motifs is 2. The monoisotopic (exact) mass is 589 g/mol. The summed E-state index contributed by atoms with van der Waals surface area (Å²) >= 11 is 0. The van der Waals surface area contributed by atoms with Gasteiger partial charge in [0.2, 0.25) is 0 Å². The highest BCUT2D eigenvalue weighted by Crippen LogP contribution is 2.30. The lowest BCUT2D eigenvalue weighted by Crippen LogP contribution is -2.24. The Morgan fingerprint density at radius 2 is 1.53 bits per heavy atom. The second-order valence-electron chi connectivity index (χ2n) is 10.4. The Kier molecular flexibility index (Phi) is 7.25. The van der Waals surface area contributed by atoms with E-state index in [0.717, 1.165) is 33.5 Å². The molecule has 0 saturated carbocycles. The average molecular weight is 590 g/mol. The Hall–Kier alpha value is -5.28. The number of aromatic carboxylic acids is 1. The lowest BCUT2D eigenvalue weighted by atomic mass is 9.99. The Morgan fingerprint density at radius 1 is 0.791 bits per heavy atom. The summed E-state index contributed by atoms with van der Waals surface area (Å²) in [6.07, 6.45) is 2.87. The van der Waals surface area contributed by atoms with E-state index in [9.17, 15) is 23.1 Å². The Balaban J connectivity index is 1.40. The Morgan fingerprint density at radius 3 is 2.28 bits per heavy atom. The number of hydrogen-bond donors (Lipinski definition) is 2. The van der Waals surface area contributed by atoms with Gasteiger partial charge in [0.25, 0.3) is 5.91 Å². The second-order valence-corrected chi connectivity index (χ2v) is 12.4. The van der Waals surface area contributed by atoms with Crippen LogP contribution in [0.15, 0.2) is 114 Å². The first-order valence-electron chi connectivity index (χ1n) is 13.5. The molecule has 9 heteroatoms. The van der Waals surface area contributed by atoms with Crippen LogP contribution in [-0.2, 0) is 22.9 Å². The van der Waals surface area contributed by atoms with Gasteiger partial charge in [-0.15, -0.1) is 0 Å². The molecule has 0 saturated heterocycles. The van der Waals surface area contributed by atoms with E-state index in [0.29, 0.717) is 28.8 Å². The van der Waals surface area contributed by atoms with E-state index in [1.165, 1.54) is 12.1 Å². The van der Waals surface area contributed by atoms with Gasteiger partial charge in [-0.25, -0.2) is 13.2 Å². The molecule has 214 valence electrons. The molecule has 5 aromatic carbocycles. The summed E-state index contributed by atoms with van der Waals surface area (Å²) < 4.78 is 26.3. The fraction of sp³-hybridized carbons (Fsp3) is 0.0882. The molecule has 0 aliphatic heterocycles. The minimum Gasteiger partial charge on any atom is -0.478 e. The van der Waals surface area contributed by atoms with E-state index >= 15 is 0 Å². The van der Waals surface area contributed by atoms with E-state index < -0.39 is 15.8 Å². The number of rotatable bonds is 8. The van der Waals surface area contributed by atoms with Crippen LogP contribution in [0.4, 0.5) is 0 Å². The van der Waals surface area contributed by atoms with Crippen molar-refractivity contribution in [1.29, 1.82) is 0 Å². The van der Waals surface area contributed by atoms with Crippen LogP contribution in [0.25, 0.3) is 32.8 Å². The molecule has 8 nitrogen and oxygen atoms in total. The van der Waals surface area contributed by atoms with Crippen molar-refractivity contribution in [3.8, 4) is 11.1 Å². The molecule has 6 rings (SSSR count). The van der Waals surface area contributed by atoms with Crippen LogP contribution >= 0.6 is 0 Å². The number of amides is 1. The molecule has 0 aliphatic carbocycles. The number of carboxylic acids is 1. The van der Waals surface area contributed by atoms with Gasteiger partial charge in [-0.2, -0.15) is 5.10 Å². The molecular weight excluding hydrogens is 562 g/mol. The van der Waals surface area contributed by atoms with Gasteiger partial charge in [-0.05, 0) is 75.5 Å². The van der Waals surface area contributed by atoms with Crippen molar-refractivity contribution in [2.24, 2.45) is 0 Å². The molecule has 0 atom stereocenters. The maximum atomic E-state index is 13.8. The zero-order valence-electron chi connectivity index (χ0n) is 23.2. The largest absolute Gasteiger partial charge is 0.478 e. The van der Waals surface area contributed by atoms with Gasteiger partial charge in [0.05, 0.1) is 34.3 Å². The smallest absolute Gasteiger partial charge is 0.335 e. The van der Waals surface area contributed by atoms with E-state index in [2.05, 4.69) is 34.7 Å². The number of hydrogen-bond acceptors (Lipinski definition) is 5. The van der Waals surface area contributed by atoms with E-state index in [1.807, 2.05) is 24.3 Å². The van der Waals surface area contributed by atoms with Crippen LogP contribution < -0.4 is 5.32 Å². The molecule has 1 heterocycles. The maximum absolute atomic E-state index is 13.8. The molecule has 6 aromatic rings. The standard InChI is InChI=1S/C34H27N3O5S/c1-43(41,42)30-8-4-7-27(17-30)28-16-29-20-36-37(21-23-11-12-24-5-2-3-6-26(24)15-23)32(29)31(18-28)33(38)35-19-22-9-13-25(14-10-22)34(39)40/h2-18,20H,19,21H2,1H3,(H,35,38)(H,39,40). The molecule has 1 amide bonds. The lowest BCUT2D eigenvalue weighted by Gasteiger charge is -2.13. The summed E-state index contributed by atoms with van der Waals surface area (Å²) in [5, 5.41) is 19.7. The van der Waals surface area contributed by atoms with Crippen molar-refractivity contribution >= 4 is 43.4 Å². The Bertz CT molecular complexity index is 2130. The van der Waals surface area contributed by atoms with Gasteiger partial charge in [-0.3, -0.25) is 9.48 Å². The third-order valence-electron chi connectivity index (χ3n) is 7.37. The van der Waals surface area contributed by atoms with Crippen LogP contribution in [-0.4, -0.2) is 41.4 Å². The molecule has 0 bridgehead atoms. The molecule has 0 fully saturated rings. The number of aromatic nitrogens is 2. The number of benzene rings is 5. The topological polar surface area (TPSA) is 118 Å². The number of sulfone groups is 1. The van der Waals surface area contributed by atoms with Crippen LogP contribution in [0, 0.1) is 0 Å². The maximum Gasteiger partial charge on any atom is 0.335 e. The lowest BCUT2D eigenvalue weighted by molar-refractivity contribution is 0.0696. The zero-order valence-corrected chi connectivity index (χ0v) is 24.0. The van der Waals surface area contributed by atoms with Crippen molar-refractivity contribution in [3.63, 3.8) is 0 Å². The fourth-order valence-electron chi connectivity index (χ4n) is 5.15. The number of carboxylic acid groups (broad SMARTS) is 1. The highest BCUT2D eigenvalue weighted by atomic mass is 32.2. The summed E-state index contributed by atoms with van der Waals surface area (Å²) in [6.45, 7) is 0.626. The van der Waals surface area contributed by atoms with Gasteiger partial charge >= 0.3 is 5.97 Å². The highest BCUT2D eigenvalue weighted by Gasteiger charge is 2.19. The van der Waals surface area contributed by atoms with Crippen LogP contribution in [0.3, 0.4) is 0 Å². The average Bonchev–Trinajstić information content (AvgIpc) is 3.41. The first-order valence-corrected chi connectivity index (χ1v) is 15.4. The quantitative estimate of drug-likeness (QED) is 0.227. The first-order chi connectivity index (χ1) is 20.7. The van der Waals surface area contributed by atoms with Crippen LogP contribution in [0.2, 0.25) is 0 Å². The predicted molar refractivity (Wildman–Crippen MR) is 166 cm³/mol. The van der Waals surface area contributed by atoms with Gasteiger partial charge in [0.15, 0.2) is 9.84 Å². The van der Waals surface area contributed by atoms with Gasteiger partial charge in [-0.1, -0.05) is 60.7 Å². The fourth-order valence-corrected chi connectivity index (χ4v) is 5.82. The molecule has 0 spiro atoms. The number of nitrogens with one attached hydrogen (secondary N) is 1. The number of nitrogens with zero attached hydrogens (tertiary/aromatic N) is 2. The molecule has 0 unspecified atom stereocenters. The predicted octanol–water partition coefficient (Wildman–Crippen LogP) is 5.94. The minimum absolute atomic E-state index is 0.165. The van der Waals surface area contributed by atoms with E-state index in [-0.39, 0.29) is 22.9 Å². The zero-order chi connectivity index (χ0) is 30.1. The molecule has 1 aromatic heterocycles. The normalized spacial score (nSPS) is 11.6. The summed E-state index contributed by atoms with van der Waals surface area (Å²) in [5.74, 6) is -1.36. The minimum atomic E-state index is -3.43. The van der Waals surface area contributed by atoms with E-state index in [1.54, 1.807) is 53.3 Å². The van der Waals surface area contributed by atoms with Crippen molar-refractivity contribution in [3.05, 3.63) is 132 Å². The first kappa shape index (κ1) is 27.9. The molecule has 2 N–H and O–H groups in total. The summed E-state index contributed by atoms with van der Waals surface area (Å²) in [6, 6.07) is 30.9. The third kappa shape index (κ3) is 5.89. The van der Waals surface area contributed by atoms with Crippen LogP contribution in [0.1, 0.15) is 31.8 Å². The summed E-state index contributed by atoms with van der Waals surface area (Å²) in [5.41, 5.74) is 4.31. The number of carbonyl (C=O) groups is 2. The summed E-state index contributed by atoms with van der Waals surface area (Å²) in [4.78, 5) is 25.1. The van der Waals surface area contributed by atoms with Crippen LogP contribution in [0.5, 0.6) is 0 Å². The summed E-state index contributed by atoms with van der Waals surface area (Å²) in [7, 11) is -3.43. The molecule has 43 heavy (non-hydrogen) atoms. The van der Waals surface area contributed by atoms with Gasteiger partial charge in [0.1, 0.15) is 0 Å². The second kappa shape index (κ2) is 11.2. The highest BCUT2D eigenvalue weighted by molar-refractivity contribution is 7.90. The van der Waals surface area contributed by atoms with Crippen molar-refractivity contribution in [2.75, 3.05) is 6.26 Å².